The Kier molecular flexibility index (Phi) is 6.77. The zero-order chi connectivity index (χ0) is 22.0. The van der Waals surface area contributed by atoms with Crippen molar-refractivity contribution in [2.24, 2.45) is 5.92 Å². The van der Waals surface area contributed by atoms with Gasteiger partial charge in [-0.3, -0.25) is 4.79 Å². The molecule has 2 fully saturated rings. The number of para-hydroxylation sites is 1. The molecule has 0 aromatic heterocycles. The quantitative estimate of drug-likeness (QED) is 0.666. The minimum absolute atomic E-state index is 0.00811. The normalized spacial score (nSPS) is 20.6. The smallest absolute Gasteiger partial charge is 0.244 e. The van der Waals surface area contributed by atoms with Crippen LogP contribution in [0.25, 0.3) is 0 Å². The molecule has 0 bridgehead atoms. The predicted molar refractivity (Wildman–Crippen MR) is 123 cm³/mol. The molecule has 9 heteroatoms. The average Bonchev–Trinajstić information content (AvgIpc) is 2.81. The third-order valence-electron chi connectivity index (χ3n) is 5.96. The van der Waals surface area contributed by atoms with Crippen LogP contribution in [0.1, 0.15) is 12.8 Å². The summed E-state index contributed by atoms with van der Waals surface area (Å²) in [6.07, 6.45) is 1.32. The lowest BCUT2D eigenvalue weighted by Crippen LogP contribution is -2.53. The molecule has 0 saturated carbocycles. The van der Waals surface area contributed by atoms with Gasteiger partial charge in [0.15, 0.2) is 0 Å². The van der Waals surface area contributed by atoms with E-state index in [1.165, 1.54) is 16.4 Å². The van der Waals surface area contributed by atoms with Crippen LogP contribution in [-0.4, -0.2) is 62.8 Å². The van der Waals surface area contributed by atoms with Gasteiger partial charge in [-0.1, -0.05) is 41.4 Å². The molecule has 166 valence electrons. The molecule has 0 radical (unpaired) electrons. The Morgan fingerprint density at radius 1 is 0.935 bits per heavy atom. The van der Waals surface area contributed by atoms with Gasteiger partial charge < -0.3 is 9.80 Å². The van der Waals surface area contributed by atoms with Crippen LogP contribution in [0.4, 0.5) is 5.69 Å². The number of carbonyl (C=O) groups is 1. The van der Waals surface area contributed by atoms with Crippen molar-refractivity contribution in [2.45, 2.75) is 17.7 Å². The van der Waals surface area contributed by atoms with Gasteiger partial charge in [-0.05, 0) is 43.2 Å². The van der Waals surface area contributed by atoms with Gasteiger partial charge >= 0.3 is 0 Å². The highest BCUT2D eigenvalue weighted by molar-refractivity contribution is 7.89. The summed E-state index contributed by atoms with van der Waals surface area (Å²) in [6, 6.07) is 14.6. The number of hydrogen-bond donors (Lipinski definition) is 0. The summed E-state index contributed by atoms with van der Waals surface area (Å²) in [5.74, 6) is -0.311. The van der Waals surface area contributed by atoms with Gasteiger partial charge in [0.05, 0.1) is 10.9 Å². The van der Waals surface area contributed by atoms with Gasteiger partial charge in [0.25, 0.3) is 0 Å². The van der Waals surface area contributed by atoms with Crippen molar-refractivity contribution < 1.29 is 13.2 Å². The molecule has 1 atom stereocenters. The Balaban J connectivity index is 1.42. The molecule has 0 N–H and O–H groups in total. The van der Waals surface area contributed by atoms with E-state index in [2.05, 4.69) is 17.0 Å². The minimum atomic E-state index is -3.82. The van der Waals surface area contributed by atoms with Crippen molar-refractivity contribution in [1.29, 1.82) is 0 Å². The molecule has 0 aliphatic carbocycles. The summed E-state index contributed by atoms with van der Waals surface area (Å²) in [6.45, 7) is 3.35. The van der Waals surface area contributed by atoms with E-state index < -0.39 is 10.0 Å². The van der Waals surface area contributed by atoms with Crippen molar-refractivity contribution in [2.75, 3.05) is 44.2 Å². The van der Waals surface area contributed by atoms with E-state index >= 15 is 0 Å². The van der Waals surface area contributed by atoms with E-state index in [4.69, 9.17) is 23.2 Å². The Hall–Kier alpha value is -1.80. The maximum absolute atomic E-state index is 13.2. The summed E-state index contributed by atoms with van der Waals surface area (Å²) in [4.78, 5) is 17.3. The summed E-state index contributed by atoms with van der Waals surface area (Å²) >= 11 is 12.1. The van der Waals surface area contributed by atoms with E-state index in [1.807, 2.05) is 23.1 Å². The fraction of sp³-hybridized carbons (Fsp3) is 0.409. The van der Waals surface area contributed by atoms with Crippen molar-refractivity contribution >= 4 is 44.8 Å². The second-order valence-corrected chi connectivity index (χ2v) is 10.7. The molecule has 1 amide bonds. The van der Waals surface area contributed by atoms with Crippen LogP contribution in [-0.2, 0) is 14.8 Å². The van der Waals surface area contributed by atoms with Gasteiger partial charge in [-0.15, -0.1) is 0 Å². The zero-order valence-corrected chi connectivity index (χ0v) is 19.4. The van der Waals surface area contributed by atoms with Gasteiger partial charge in [0, 0.05) is 50.0 Å². The molecule has 0 spiro atoms. The van der Waals surface area contributed by atoms with Crippen LogP contribution in [0.5, 0.6) is 0 Å². The molecule has 6 nitrogen and oxygen atoms in total. The third kappa shape index (κ3) is 4.85. The number of anilines is 1. The summed E-state index contributed by atoms with van der Waals surface area (Å²) < 4.78 is 27.7. The van der Waals surface area contributed by atoms with Crippen LogP contribution < -0.4 is 4.90 Å². The highest BCUT2D eigenvalue weighted by Gasteiger charge is 2.36. The molecule has 4 rings (SSSR count). The number of amides is 1. The van der Waals surface area contributed by atoms with Crippen LogP contribution >= 0.6 is 23.2 Å². The highest BCUT2D eigenvalue weighted by Crippen LogP contribution is 2.31. The van der Waals surface area contributed by atoms with Gasteiger partial charge in [0.1, 0.15) is 4.90 Å². The molecule has 2 aromatic rings. The lowest BCUT2D eigenvalue weighted by molar-refractivity contribution is -0.137. The molecular formula is C22H25Cl2N3O3S. The second-order valence-electron chi connectivity index (χ2n) is 7.92. The molecule has 31 heavy (non-hydrogen) atoms. The number of piperazine rings is 1. The zero-order valence-electron chi connectivity index (χ0n) is 17.1. The first-order chi connectivity index (χ1) is 14.9. The largest absolute Gasteiger partial charge is 0.368 e. The molecular weight excluding hydrogens is 457 g/mol. The third-order valence-corrected chi connectivity index (χ3v) is 8.54. The van der Waals surface area contributed by atoms with E-state index in [0.717, 1.165) is 18.8 Å². The van der Waals surface area contributed by atoms with Crippen LogP contribution in [0.15, 0.2) is 53.4 Å². The molecule has 2 saturated heterocycles. The van der Waals surface area contributed by atoms with Gasteiger partial charge in [-0.25, -0.2) is 8.42 Å². The first-order valence-electron chi connectivity index (χ1n) is 10.4. The highest BCUT2D eigenvalue weighted by atomic mass is 35.5. The average molecular weight is 482 g/mol. The molecule has 2 aromatic carbocycles. The summed E-state index contributed by atoms with van der Waals surface area (Å²) in [5, 5.41) is 0.443. The Morgan fingerprint density at radius 2 is 1.65 bits per heavy atom. The second kappa shape index (κ2) is 9.36. The maximum atomic E-state index is 13.2. The van der Waals surface area contributed by atoms with Crippen LogP contribution in [0, 0.1) is 5.92 Å². The number of nitrogens with zero attached hydrogens (tertiary/aromatic N) is 3. The topological polar surface area (TPSA) is 60.9 Å². The first-order valence-corrected chi connectivity index (χ1v) is 12.6. The Morgan fingerprint density at radius 3 is 2.35 bits per heavy atom. The lowest BCUT2D eigenvalue weighted by atomic mass is 9.97. The van der Waals surface area contributed by atoms with Crippen molar-refractivity contribution in [3.05, 3.63) is 58.6 Å². The number of halogens is 2. The predicted octanol–water partition coefficient (Wildman–Crippen LogP) is 3.74. The standard InChI is InChI=1S/C22H25Cl2N3O3S/c23-18-8-9-20(24)21(15-18)31(29,30)27-10-4-5-17(16-27)22(28)26-13-11-25(12-14-26)19-6-2-1-3-7-19/h1-3,6-9,15,17H,4-5,10-14,16H2/t17-/m0/s1. The van der Waals surface area contributed by atoms with Crippen LogP contribution in [0.3, 0.4) is 0 Å². The van der Waals surface area contributed by atoms with E-state index in [1.54, 1.807) is 6.07 Å². The summed E-state index contributed by atoms with van der Waals surface area (Å²) in [5.41, 5.74) is 1.16. The number of benzene rings is 2. The van der Waals surface area contributed by atoms with E-state index in [0.29, 0.717) is 37.5 Å². The molecule has 2 aliphatic heterocycles. The summed E-state index contributed by atoms with van der Waals surface area (Å²) in [7, 11) is -3.82. The number of piperidine rings is 1. The number of carbonyl (C=O) groups excluding carboxylic acids is 1. The maximum Gasteiger partial charge on any atom is 0.244 e. The van der Waals surface area contributed by atoms with Crippen molar-refractivity contribution in [1.82, 2.24) is 9.21 Å². The monoisotopic (exact) mass is 481 g/mol. The molecule has 2 heterocycles. The number of sulfonamides is 1. The fourth-order valence-corrected chi connectivity index (χ4v) is 6.52. The Labute approximate surface area is 193 Å². The number of hydrogen-bond acceptors (Lipinski definition) is 4. The lowest BCUT2D eigenvalue weighted by Gasteiger charge is -2.39. The van der Waals surface area contributed by atoms with E-state index in [-0.39, 0.29) is 28.3 Å². The first kappa shape index (κ1) is 22.4. The fourth-order valence-electron chi connectivity index (χ4n) is 4.26. The molecule has 2 aliphatic rings. The van der Waals surface area contributed by atoms with Crippen LogP contribution in [0.2, 0.25) is 10.0 Å². The van der Waals surface area contributed by atoms with E-state index in [9.17, 15) is 13.2 Å². The Bertz CT molecular complexity index is 1040. The van der Waals surface area contributed by atoms with Crippen molar-refractivity contribution in [3.8, 4) is 0 Å². The van der Waals surface area contributed by atoms with Gasteiger partial charge in [-0.2, -0.15) is 4.31 Å². The molecule has 0 unspecified atom stereocenters. The number of rotatable bonds is 4. The van der Waals surface area contributed by atoms with Crippen molar-refractivity contribution in [3.63, 3.8) is 0 Å². The minimum Gasteiger partial charge on any atom is -0.368 e. The SMILES string of the molecule is O=C([C@H]1CCCN(S(=O)(=O)c2cc(Cl)ccc2Cl)C1)N1CCN(c2ccccc2)CC1. The van der Waals surface area contributed by atoms with Gasteiger partial charge in [0.2, 0.25) is 15.9 Å².